The van der Waals surface area contributed by atoms with Gasteiger partial charge in [0.05, 0.1) is 0 Å². The highest BCUT2D eigenvalue weighted by atomic mass is 16.1. The molecule has 1 aliphatic rings. The minimum absolute atomic E-state index is 0.129. The van der Waals surface area contributed by atoms with Crippen molar-refractivity contribution in [2.45, 2.75) is 33.9 Å². The van der Waals surface area contributed by atoms with Gasteiger partial charge < -0.3 is 5.32 Å². The van der Waals surface area contributed by atoms with Gasteiger partial charge in [0.25, 0.3) is 5.56 Å². The number of nitrogens with one attached hydrogen (secondary N) is 2. The first-order chi connectivity index (χ1) is 13.4. The summed E-state index contributed by atoms with van der Waals surface area (Å²) in [5, 5.41) is 6.49. The van der Waals surface area contributed by atoms with Gasteiger partial charge in [0.2, 0.25) is 11.9 Å². The summed E-state index contributed by atoms with van der Waals surface area (Å²) in [7, 11) is 0. The van der Waals surface area contributed by atoms with Gasteiger partial charge in [0.1, 0.15) is 0 Å². The maximum atomic E-state index is 12.7. The summed E-state index contributed by atoms with van der Waals surface area (Å²) < 4.78 is 1.59. The molecule has 0 radical (unpaired) electrons. The summed E-state index contributed by atoms with van der Waals surface area (Å²) in [6, 6.07) is 15.7. The van der Waals surface area contributed by atoms with E-state index in [0.29, 0.717) is 17.6 Å². The SMILES string of the molecule is Cc1cccc([C@H]2N=C(Nc3ccc(C)c(C)c3)Nc3nc(C)cc(=O)n32)c1. The van der Waals surface area contributed by atoms with E-state index in [1.165, 1.54) is 17.2 Å². The zero-order chi connectivity index (χ0) is 19.8. The van der Waals surface area contributed by atoms with E-state index in [0.717, 1.165) is 16.8 Å². The molecule has 4 rings (SSSR count). The molecule has 0 fully saturated rings. The second-order valence-corrected chi connectivity index (χ2v) is 7.24. The van der Waals surface area contributed by atoms with Crippen molar-refractivity contribution in [2.24, 2.45) is 4.99 Å². The van der Waals surface area contributed by atoms with E-state index < -0.39 is 6.17 Å². The second kappa shape index (κ2) is 6.96. The van der Waals surface area contributed by atoms with Crippen molar-refractivity contribution >= 4 is 17.6 Å². The molecule has 0 saturated heterocycles. The smallest absolute Gasteiger partial charge is 0.257 e. The number of nitrogens with zero attached hydrogens (tertiary/aromatic N) is 3. The first-order valence-electron chi connectivity index (χ1n) is 9.26. The largest absolute Gasteiger partial charge is 0.326 e. The fraction of sp³-hybridized carbons (Fsp3) is 0.227. The summed E-state index contributed by atoms with van der Waals surface area (Å²) in [5.74, 6) is 1.05. The summed E-state index contributed by atoms with van der Waals surface area (Å²) in [4.78, 5) is 22.0. The summed E-state index contributed by atoms with van der Waals surface area (Å²) in [6.07, 6.45) is -0.481. The molecule has 1 aliphatic heterocycles. The number of anilines is 2. The minimum atomic E-state index is -0.481. The number of rotatable bonds is 2. The van der Waals surface area contributed by atoms with Crippen molar-refractivity contribution in [3.8, 4) is 0 Å². The fourth-order valence-electron chi connectivity index (χ4n) is 3.32. The van der Waals surface area contributed by atoms with Crippen LogP contribution in [-0.4, -0.2) is 15.5 Å². The molecule has 0 bridgehead atoms. The van der Waals surface area contributed by atoms with Gasteiger partial charge in [0, 0.05) is 17.4 Å². The number of aromatic nitrogens is 2. The lowest BCUT2D eigenvalue weighted by Crippen LogP contribution is -2.37. The van der Waals surface area contributed by atoms with Gasteiger partial charge in [-0.25, -0.2) is 9.98 Å². The summed E-state index contributed by atoms with van der Waals surface area (Å²) in [6.45, 7) is 8.00. The highest BCUT2D eigenvalue weighted by Crippen LogP contribution is 2.26. The molecule has 6 nitrogen and oxygen atoms in total. The Hall–Kier alpha value is -3.41. The molecule has 0 aliphatic carbocycles. The van der Waals surface area contributed by atoms with Crippen LogP contribution in [-0.2, 0) is 0 Å². The number of aryl methyl sites for hydroxylation is 4. The van der Waals surface area contributed by atoms with Gasteiger partial charge in [-0.15, -0.1) is 0 Å². The minimum Gasteiger partial charge on any atom is -0.326 e. The Morgan fingerprint density at radius 1 is 1.00 bits per heavy atom. The third kappa shape index (κ3) is 3.41. The van der Waals surface area contributed by atoms with Crippen molar-refractivity contribution in [2.75, 3.05) is 10.6 Å². The van der Waals surface area contributed by atoms with Crippen molar-refractivity contribution in [1.82, 2.24) is 9.55 Å². The molecule has 1 aromatic heterocycles. The topological polar surface area (TPSA) is 71.3 Å². The molecule has 2 heterocycles. The molecule has 2 aromatic carbocycles. The van der Waals surface area contributed by atoms with Gasteiger partial charge in [-0.1, -0.05) is 35.9 Å². The van der Waals surface area contributed by atoms with Crippen molar-refractivity contribution in [1.29, 1.82) is 0 Å². The molecule has 0 saturated carbocycles. The summed E-state index contributed by atoms with van der Waals surface area (Å²) >= 11 is 0. The fourth-order valence-corrected chi connectivity index (χ4v) is 3.32. The Bertz CT molecular complexity index is 1150. The molecule has 3 aromatic rings. The van der Waals surface area contributed by atoms with Crippen LogP contribution in [0.3, 0.4) is 0 Å². The Morgan fingerprint density at radius 3 is 2.57 bits per heavy atom. The van der Waals surface area contributed by atoms with E-state index in [1.54, 1.807) is 4.57 Å². The Balaban J connectivity index is 1.80. The lowest BCUT2D eigenvalue weighted by molar-refractivity contribution is 0.577. The van der Waals surface area contributed by atoms with E-state index in [4.69, 9.17) is 4.99 Å². The van der Waals surface area contributed by atoms with E-state index in [-0.39, 0.29) is 5.56 Å². The molecule has 1 atom stereocenters. The predicted molar refractivity (Wildman–Crippen MR) is 113 cm³/mol. The number of hydrogen-bond donors (Lipinski definition) is 2. The number of hydrogen-bond acceptors (Lipinski definition) is 5. The molecule has 28 heavy (non-hydrogen) atoms. The number of guanidine groups is 1. The van der Waals surface area contributed by atoms with E-state index in [9.17, 15) is 4.79 Å². The normalized spacial score (nSPS) is 15.4. The van der Waals surface area contributed by atoms with Gasteiger partial charge in [-0.3, -0.25) is 14.7 Å². The van der Waals surface area contributed by atoms with Crippen LogP contribution in [0.1, 0.15) is 34.1 Å². The van der Waals surface area contributed by atoms with Crippen LogP contribution in [0.2, 0.25) is 0 Å². The van der Waals surface area contributed by atoms with E-state index in [2.05, 4.69) is 41.6 Å². The first-order valence-corrected chi connectivity index (χ1v) is 9.26. The highest BCUT2D eigenvalue weighted by Gasteiger charge is 2.25. The second-order valence-electron chi connectivity index (χ2n) is 7.24. The van der Waals surface area contributed by atoms with E-state index in [1.807, 2.05) is 44.2 Å². The first kappa shape index (κ1) is 18.0. The zero-order valence-electron chi connectivity index (χ0n) is 16.4. The maximum absolute atomic E-state index is 12.7. The molecule has 2 N–H and O–H groups in total. The van der Waals surface area contributed by atoms with Crippen LogP contribution in [0.4, 0.5) is 11.6 Å². The Morgan fingerprint density at radius 2 is 1.82 bits per heavy atom. The van der Waals surface area contributed by atoms with Crippen molar-refractivity contribution < 1.29 is 0 Å². The van der Waals surface area contributed by atoms with Crippen LogP contribution >= 0.6 is 0 Å². The monoisotopic (exact) mass is 373 g/mol. The summed E-state index contributed by atoms with van der Waals surface area (Å²) in [5.41, 5.74) is 5.95. The molecule has 6 heteroatoms. The molecule has 142 valence electrons. The van der Waals surface area contributed by atoms with Crippen LogP contribution < -0.4 is 16.2 Å². The van der Waals surface area contributed by atoms with Crippen LogP contribution in [0.25, 0.3) is 0 Å². The quantitative estimate of drug-likeness (QED) is 0.714. The highest BCUT2D eigenvalue weighted by molar-refractivity contribution is 6.03. The van der Waals surface area contributed by atoms with Crippen LogP contribution in [0, 0.1) is 27.7 Å². The Kier molecular flexibility index (Phi) is 4.47. The zero-order valence-corrected chi connectivity index (χ0v) is 16.4. The van der Waals surface area contributed by atoms with Crippen LogP contribution in [0.5, 0.6) is 0 Å². The molecular weight excluding hydrogens is 350 g/mol. The maximum Gasteiger partial charge on any atom is 0.257 e. The average molecular weight is 373 g/mol. The number of fused-ring (bicyclic) bond motifs is 1. The van der Waals surface area contributed by atoms with Crippen LogP contribution in [0.15, 0.2) is 58.3 Å². The lowest BCUT2D eigenvalue weighted by atomic mass is 10.1. The lowest BCUT2D eigenvalue weighted by Gasteiger charge is -2.27. The molecular formula is C22H23N5O. The third-order valence-electron chi connectivity index (χ3n) is 4.92. The molecule has 0 unspecified atom stereocenters. The van der Waals surface area contributed by atoms with Gasteiger partial charge in [0.15, 0.2) is 6.17 Å². The Labute approximate surface area is 164 Å². The average Bonchev–Trinajstić information content (AvgIpc) is 2.63. The third-order valence-corrected chi connectivity index (χ3v) is 4.92. The standard InChI is InChI=1S/C22H23N5O/c1-13-6-5-7-17(10-13)20-25-21(24-18-9-8-14(2)15(3)11-18)26-22-23-16(4)12-19(28)27(20)22/h5-12,20H,1-4H3,(H2,23,24,25,26)/t20-/m0/s1. The van der Waals surface area contributed by atoms with Gasteiger partial charge >= 0.3 is 0 Å². The van der Waals surface area contributed by atoms with Crippen molar-refractivity contribution in [3.63, 3.8) is 0 Å². The predicted octanol–water partition coefficient (Wildman–Crippen LogP) is 3.92. The number of aliphatic imine (C=N–C) groups is 1. The number of benzene rings is 2. The van der Waals surface area contributed by atoms with E-state index >= 15 is 0 Å². The van der Waals surface area contributed by atoms with Gasteiger partial charge in [-0.2, -0.15) is 0 Å². The van der Waals surface area contributed by atoms with Crippen molar-refractivity contribution in [3.05, 3.63) is 86.8 Å². The molecule has 0 amide bonds. The molecule has 0 spiro atoms. The van der Waals surface area contributed by atoms with Gasteiger partial charge in [-0.05, 0) is 56.5 Å².